The minimum Gasteiger partial charge on any atom is -0.489 e. The third-order valence-electron chi connectivity index (χ3n) is 2.16. The van der Waals surface area contributed by atoms with E-state index in [0.29, 0.717) is 0 Å². The van der Waals surface area contributed by atoms with Gasteiger partial charge in [-0.05, 0) is 18.6 Å². The van der Waals surface area contributed by atoms with Gasteiger partial charge in [0.05, 0.1) is 0 Å². The summed E-state index contributed by atoms with van der Waals surface area (Å²) < 4.78 is 5.63. The molecule has 1 aliphatic heterocycles. The SMILES string of the molecule is Cc1ccc2c(c1)CC(CS)O2. The summed E-state index contributed by atoms with van der Waals surface area (Å²) in [4.78, 5) is 0. The van der Waals surface area contributed by atoms with E-state index in [1.165, 1.54) is 11.1 Å². The van der Waals surface area contributed by atoms with Crippen LogP contribution >= 0.6 is 12.6 Å². The van der Waals surface area contributed by atoms with Crippen LogP contribution in [-0.4, -0.2) is 11.9 Å². The van der Waals surface area contributed by atoms with Gasteiger partial charge in [-0.2, -0.15) is 12.6 Å². The summed E-state index contributed by atoms with van der Waals surface area (Å²) in [5, 5.41) is 0. The fraction of sp³-hybridized carbons (Fsp3) is 0.400. The lowest BCUT2D eigenvalue weighted by atomic mass is 10.1. The fourth-order valence-electron chi connectivity index (χ4n) is 1.55. The first-order valence-corrected chi connectivity index (χ1v) is 4.80. The number of hydrogen-bond acceptors (Lipinski definition) is 2. The molecule has 0 saturated carbocycles. The highest BCUT2D eigenvalue weighted by atomic mass is 32.1. The van der Waals surface area contributed by atoms with Crippen molar-refractivity contribution in [1.82, 2.24) is 0 Å². The maximum absolute atomic E-state index is 5.63. The van der Waals surface area contributed by atoms with Crippen LogP contribution in [0.5, 0.6) is 5.75 Å². The highest BCUT2D eigenvalue weighted by molar-refractivity contribution is 7.80. The minimum atomic E-state index is 0.283. The average molecular weight is 180 g/mol. The molecule has 12 heavy (non-hydrogen) atoms. The van der Waals surface area contributed by atoms with Gasteiger partial charge in [0.15, 0.2) is 0 Å². The first-order valence-electron chi connectivity index (χ1n) is 4.16. The monoisotopic (exact) mass is 180 g/mol. The van der Waals surface area contributed by atoms with Crippen molar-refractivity contribution < 1.29 is 4.74 Å². The molecule has 1 nitrogen and oxygen atoms in total. The predicted molar refractivity (Wildman–Crippen MR) is 53.2 cm³/mol. The van der Waals surface area contributed by atoms with E-state index in [2.05, 4.69) is 31.7 Å². The molecule has 2 rings (SSSR count). The Bertz CT molecular complexity index is 296. The lowest BCUT2D eigenvalue weighted by molar-refractivity contribution is 0.260. The van der Waals surface area contributed by atoms with Crippen molar-refractivity contribution in [3.05, 3.63) is 29.3 Å². The maximum Gasteiger partial charge on any atom is 0.123 e. The molecule has 1 aromatic rings. The first-order chi connectivity index (χ1) is 5.79. The summed E-state index contributed by atoms with van der Waals surface area (Å²) in [5.74, 6) is 1.84. The largest absolute Gasteiger partial charge is 0.489 e. The average Bonchev–Trinajstić information content (AvgIpc) is 2.46. The van der Waals surface area contributed by atoms with Crippen molar-refractivity contribution in [2.45, 2.75) is 19.4 Å². The molecule has 1 heterocycles. The second kappa shape index (κ2) is 3.02. The number of hydrogen-bond donors (Lipinski definition) is 1. The van der Waals surface area contributed by atoms with Gasteiger partial charge in [-0.1, -0.05) is 17.7 Å². The Balaban J connectivity index is 2.30. The van der Waals surface area contributed by atoms with Gasteiger partial charge >= 0.3 is 0 Å². The Labute approximate surface area is 78.2 Å². The zero-order chi connectivity index (χ0) is 8.55. The number of ether oxygens (including phenoxy) is 1. The molecule has 0 fully saturated rings. The van der Waals surface area contributed by atoms with Crippen LogP contribution in [0.15, 0.2) is 18.2 Å². The van der Waals surface area contributed by atoms with Crippen molar-refractivity contribution in [2.75, 3.05) is 5.75 Å². The number of thiol groups is 1. The molecule has 1 aliphatic rings. The highest BCUT2D eigenvalue weighted by Crippen LogP contribution is 2.29. The lowest BCUT2D eigenvalue weighted by Crippen LogP contribution is -2.13. The van der Waals surface area contributed by atoms with Crippen LogP contribution in [0.1, 0.15) is 11.1 Å². The molecule has 1 atom stereocenters. The van der Waals surface area contributed by atoms with Crippen molar-refractivity contribution >= 4 is 12.6 Å². The number of rotatable bonds is 1. The van der Waals surface area contributed by atoms with Gasteiger partial charge in [-0.15, -0.1) is 0 Å². The molecule has 1 unspecified atom stereocenters. The van der Waals surface area contributed by atoms with Crippen LogP contribution in [-0.2, 0) is 6.42 Å². The normalized spacial score (nSPS) is 20.3. The maximum atomic E-state index is 5.63. The summed E-state index contributed by atoms with van der Waals surface area (Å²) in [5.41, 5.74) is 2.63. The summed E-state index contributed by atoms with van der Waals surface area (Å²) in [6.45, 7) is 2.11. The van der Waals surface area contributed by atoms with E-state index < -0.39 is 0 Å². The molecule has 0 amide bonds. The van der Waals surface area contributed by atoms with Gasteiger partial charge < -0.3 is 4.74 Å². The van der Waals surface area contributed by atoms with E-state index >= 15 is 0 Å². The second-order valence-electron chi connectivity index (χ2n) is 3.24. The smallest absolute Gasteiger partial charge is 0.123 e. The molecule has 0 aromatic heterocycles. The molecule has 0 aliphatic carbocycles. The van der Waals surface area contributed by atoms with E-state index in [-0.39, 0.29) is 6.10 Å². The Hall–Kier alpha value is -0.630. The summed E-state index contributed by atoms with van der Waals surface area (Å²) >= 11 is 4.22. The summed E-state index contributed by atoms with van der Waals surface area (Å²) in [6.07, 6.45) is 1.30. The van der Waals surface area contributed by atoms with Gasteiger partial charge in [-0.3, -0.25) is 0 Å². The van der Waals surface area contributed by atoms with Crippen LogP contribution in [0.25, 0.3) is 0 Å². The van der Waals surface area contributed by atoms with Gasteiger partial charge in [0, 0.05) is 12.2 Å². The Morgan fingerprint density at radius 3 is 3.17 bits per heavy atom. The molecule has 2 heteroatoms. The minimum absolute atomic E-state index is 0.283. The molecule has 0 radical (unpaired) electrons. The van der Waals surface area contributed by atoms with Crippen LogP contribution in [0, 0.1) is 6.92 Å². The zero-order valence-electron chi connectivity index (χ0n) is 7.08. The van der Waals surface area contributed by atoms with Gasteiger partial charge in [0.1, 0.15) is 11.9 Å². The van der Waals surface area contributed by atoms with Crippen LogP contribution < -0.4 is 4.74 Å². The number of fused-ring (bicyclic) bond motifs is 1. The molecule has 0 saturated heterocycles. The van der Waals surface area contributed by atoms with Crippen LogP contribution in [0.2, 0.25) is 0 Å². The molecule has 0 spiro atoms. The molecule has 0 bridgehead atoms. The van der Waals surface area contributed by atoms with Gasteiger partial charge in [0.25, 0.3) is 0 Å². The molecule has 1 aromatic carbocycles. The third kappa shape index (κ3) is 1.31. The number of aryl methyl sites for hydroxylation is 1. The Kier molecular flexibility index (Phi) is 2.01. The summed E-state index contributed by atoms with van der Waals surface area (Å²) in [6, 6.07) is 6.33. The Morgan fingerprint density at radius 2 is 2.42 bits per heavy atom. The molecular weight excluding hydrogens is 168 g/mol. The summed E-state index contributed by atoms with van der Waals surface area (Å²) in [7, 11) is 0. The third-order valence-corrected chi connectivity index (χ3v) is 2.57. The van der Waals surface area contributed by atoms with E-state index in [1.54, 1.807) is 0 Å². The van der Waals surface area contributed by atoms with Crippen molar-refractivity contribution in [3.63, 3.8) is 0 Å². The molecular formula is C10H12OS. The second-order valence-corrected chi connectivity index (χ2v) is 3.60. The van der Waals surface area contributed by atoms with E-state index in [4.69, 9.17) is 4.74 Å². The van der Waals surface area contributed by atoms with Gasteiger partial charge in [0.2, 0.25) is 0 Å². The van der Waals surface area contributed by atoms with Crippen LogP contribution in [0.4, 0.5) is 0 Å². The van der Waals surface area contributed by atoms with Gasteiger partial charge in [-0.25, -0.2) is 0 Å². The van der Waals surface area contributed by atoms with Crippen molar-refractivity contribution in [3.8, 4) is 5.75 Å². The lowest BCUT2D eigenvalue weighted by Gasteiger charge is -2.04. The topological polar surface area (TPSA) is 9.23 Å². The molecule has 0 N–H and O–H groups in total. The fourth-order valence-corrected chi connectivity index (χ4v) is 1.75. The predicted octanol–water partition coefficient (Wildman–Crippen LogP) is 2.23. The highest BCUT2D eigenvalue weighted by Gasteiger charge is 2.20. The first kappa shape index (κ1) is 7.99. The van der Waals surface area contributed by atoms with Crippen molar-refractivity contribution in [1.29, 1.82) is 0 Å². The van der Waals surface area contributed by atoms with E-state index in [9.17, 15) is 0 Å². The zero-order valence-corrected chi connectivity index (χ0v) is 7.97. The van der Waals surface area contributed by atoms with E-state index in [1.807, 2.05) is 6.07 Å². The quantitative estimate of drug-likeness (QED) is 0.652. The Morgan fingerprint density at radius 1 is 1.58 bits per heavy atom. The number of benzene rings is 1. The van der Waals surface area contributed by atoms with Crippen molar-refractivity contribution in [2.24, 2.45) is 0 Å². The molecule has 64 valence electrons. The van der Waals surface area contributed by atoms with E-state index in [0.717, 1.165) is 17.9 Å². The standard InChI is InChI=1S/C10H12OS/c1-7-2-3-10-8(4-7)5-9(6-12)11-10/h2-4,9,12H,5-6H2,1H3. The van der Waals surface area contributed by atoms with Crippen LogP contribution in [0.3, 0.4) is 0 Å².